The Bertz CT molecular complexity index is 832. The molecule has 0 radical (unpaired) electrons. The molecule has 0 bridgehead atoms. The lowest BCUT2D eigenvalue weighted by Crippen LogP contribution is -2.47. The Kier molecular flexibility index (Phi) is 6.76. The fourth-order valence-corrected chi connectivity index (χ4v) is 3.39. The summed E-state index contributed by atoms with van der Waals surface area (Å²) in [5.41, 5.74) is 2.22. The maximum absolute atomic E-state index is 13.6. The molecule has 1 aliphatic heterocycles. The van der Waals surface area contributed by atoms with E-state index in [1.165, 1.54) is 6.07 Å². The van der Waals surface area contributed by atoms with Crippen molar-refractivity contribution in [2.45, 2.75) is 32.4 Å². The van der Waals surface area contributed by atoms with Crippen LogP contribution in [-0.4, -0.2) is 42.4 Å². The number of amides is 2. The molecule has 0 aromatic heterocycles. The van der Waals surface area contributed by atoms with Gasteiger partial charge in [-0.05, 0) is 38.0 Å². The van der Waals surface area contributed by atoms with Gasteiger partial charge >= 0.3 is 0 Å². The second-order valence-electron chi connectivity index (χ2n) is 7.26. The number of hydrogen-bond donors (Lipinski definition) is 2. The average molecular weight is 383 g/mol. The van der Waals surface area contributed by atoms with Gasteiger partial charge in [-0.3, -0.25) is 14.5 Å². The quantitative estimate of drug-likeness (QED) is 0.806. The third kappa shape index (κ3) is 5.63. The van der Waals surface area contributed by atoms with E-state index in [-0.39, 0.29) is 36.8 Å². The van der Waals surface area contributed by atoms with E-state index in [4.69, 9.17) is 0 Å². The molecule has 5 nitrogen and oxygen atoms in total. The van der Waals surface area contributed by atoms with Crippen LogP contribution in [0, 0.1) is 12.7 Å². The number of halogens is 1. The van der Waals surface area contributed by atoms with Crippen LogP contribution in [0.4, 0.5) is 4.39 Å². The number of aryl methyl sites for hydroxylation is 1. The van der Waals surface area contributed by atoms with Crippen LogP contribution >= 0.6 is 0 Å². The molecule has 2 N–H and O–H groups in total. The minimum atomic E-state index is -0.312. The van der Waals surface area contributed by atoms with Gasteiger partial charge < -0.3 is 10.6 Å². The predicted octanol–water partition coefficient (Wildman–Crippen LogP) is 2.64. The van der Waals surface area contributed by atoms with Gasteiger partial charge in [0.1, 0.15) is 5.82 Å². The molecule has 0 spiro atoms. The van der Waals surface area contributed by atoms with Crippen molar-refractivity contribution < 1.29 is 14.0 Å². The molecule has 2 aromatic rings. The van der Waals surface area contributed by atoms with Crippen molar-refractivity contribution in [2.24, 2.45) is 0 Å². The lowest BCUT2D eigenvalue weighted by atomic mass is 10.0. The molecule has 1 saturated heterocycles. The lowest BCUT2D eigenvalue weighted by molar-refractivity contribution is -0.122. The van der Waals surface area contributed by atoms with Crippen molar-refractivity contribution in [3.63, 3.8) is 0 Å². The van der Waals surface area contributed by atoms with Gasteiger partial charge in [0.05, 0.1) is 6.54 Å². The van der Waals surface area contributed by atoms with Crippen LogP contribution < -0.4 is 10.6 Å². The van der Waals surface area contributed by atoms with Crippen LogP contribution in [0.5, 0.6) is 0 Å². The van der Waals surface area contributed by atoms with Crippen LogP contribution in [0.25, 0.3) is 0 Å². The van der Waals surface area contributed by atoms with Crippen LogP contribution in [0.1, 0.15) is 34.3 Å². The number of piperidine rings is 1. The first-order valence-electron chi connectivity index (χ1n) is 9.61. The van der Waals surface area contributed by atoms with E-state index in [9.17, 15) is 14.0 Å². The maximum Gasteiger partial charge on any atom is 0.251 e. The summed E-state index contributed by atoms with van der Waals surface area (Å²) >= 11 is 0. The highest BCUT2D eigenvalue weighted by atomic mass is 19.1. The summed E-state index contributed by atoms with van der Waals surface area (Å²) < 4.78 is 13.6. The standard InChI is InChI=1S/C22H26FN3O2/c1-16-5-4-7-17(13-16)22(28)25-19-9-11-26(12-10-19)15-21(27)24-14-18-6-2-3-8-20(18)23/h2-8,13,19H,9-12,14-15H2,1H3,(H,24,27)(H,25,28). The van der Waals surface area contributed by atoms with Gasteiger partial charge in [0.25, 0.3) is 5.91 Å². The van der Waals surface area contributed by atoms with Crippen molar-refractivity contribution >= 4 is 11.8 Å². The normalized spacial score (nSPS) is 15.2. The number of carbonyl (C=O) groups excluding carboxylic acids is 2. The number of nitrogens with one attached hydrogen (secondary N) is 2. The van der Waals surface area contributed by atoms with Gasteiger partial charge in [0.15, 0.2) is 0 Å². The molecule has 1 fully saturated rings. The molecule has 0 saturated carbocycles. The Morgan fingerprint density at radius 1 is 1.11 bits per heavy atom. The van der Waals surface area contributed by atoms with Crippen LogP contribution in [0.3, 0.4) is 0 Å². The summed E-state index contributed by atoms with van der Waals surface area (Å²) in [4.78, 5) is 26.5. The Balaban J connectivity index is 1.39. The van der Waals surface area contributed by atoms with Crippen LogP contribution in [0.15, 0.2) is 48.5 Å². The zero-order valence-electron chi connectivity index (χ0n) is 16.1. The minimum Gasteiger partial charge on any atom is -0.351 e. The van der Waals surface area contributed by atoms with Gasteiger partial charge in [-0.1, -0.05) is 35.9 Å². The summed E-state index contributed by atoms with van der Waals surface area (Å²) in [5.74, 6) is -0.483. The monoisotopic (exact) mass is 383 g/mol. The number of carbonyl (C=O) groups is 2. The van der Waals surface area contributed by atoms with E-state index < -0.39 is 0 Å². The summed E-state index contributed by atoms with van der Waals surface area (Å²) in [6, 6.07) is 14.1. The summed E-state index contributed by atoms with van der Waals surface area (Å²) in [7, 11) is 0. The van der Waals surface area contributed by atoms with Gasteiger partial charge in [-0.15, -0.1) is 0 Å². The van der Waals surface area contributed by atoms with Crippen molar-refractivity contribution in [3.05, 3.63) is 71.0 Å². The number of likely N-dealkylation sites (tertiary alicyclic amines) is 1. The second kappa shape index (κ2) is 9.46. The van der Waals surface area contributed by atoms with E-state index in [0.717, 1.165) is 31.5 Å². The van der Waals surface area contributed by atoms with E-state index in [1.807, 2.05) is 31.2 Å². The molecule has 3 rings (SSSR count). The topological polar surface area (TPSA) is 61.4 Å². The van der Waals surface area contributed by atoms with Crippen LogP contribution in [0.2, 0.25) is 0 Å². The first-order valence-corrected chi connectivity index (χ1v) is 9.61. The average Bonchev–Trinajstić information content (AvgIpc) is 2.69. The van der Waals surface area contributed by atoms with E-state index >= 15 is 0 Å². The first kappa shape index (κ1) is 20.0. The molecule has 6 heteroatoms. The minimum absolute atomic E-state index is 0.0511. The summed E-state index contributed by atoms with van der Waals surface area (Å²) in [5, 5.41) is 5.85. The van der Waals surface area contributed by atoms with Gasteiger partial charge in [0, 0.05) is 36.8 Å². The van der Waals surface area contributed by atoms with Gasteiger partial charge in [-0.2, -0.15) is 0 Å². The third-order valence-electron chi connectivity index (χ3n) is 5.00. The smallest absolute Gasteiger partial charge is 0.251 e. The molecule has 0 unspecified atom stereocenters. The fraction of sp³-hybridized carbons (Fsp3) is 0.364. The predicted molar refractivity (Wildman–Crippen MR) is 106 cm³/mol. The molecule has 2 aromatic carbocycles. The highest BCUT2D eigenvalue weighted by Crippen LogP contribution is 2.12. The highest BCUT2D eigenvalue weighted by molar-refractivity contribution is 5.94. The Morgan fingerprint density at radius 2 is 1.86 bits per heavy atom. The van der Waals surface area contributed by atoms with E-state index in [0.29, 0.717) is 11.1 Å². The van der Waals surface area contributed by atoms with E-state index in [1.54, 1.807) is 18.2 Å². The Hall–Kier alpha value is -2.73. The largest absolute Gasteiger partial charge is 0.351 e. The summed E-state index contributed by atoms with van der Waals surface area (Å²) in [6.45, 7) is 3.92. The molecule has 0 atom stereocenters. The van der Waals surface area contributed by atoms with Gasteiger partial charge in [-0.25, -0.2) is 4.39 Å². The Morgan fingerprint density at radius 3 is 2.57 bits per heavy atom. The number of benzene rings is 2. The molecular formula is C22H26FN3O2. The molecule has 0 aliphatic carbocycles. The number of rotatable bonds is 6. The SMILES string of the molecule is Cc1cccc(C(=O)NC2CCN(CC(=O)NCc3ccccc3F)CC2)c1. The third-order valence-corrected chi connectivity index (χ3v) is 5.00. The first-order chi connectivity index (χ1) is 13.5. The van der Waals surface area contributed by atoms with Gasteiger partial charge in [0.2, 0.25) is 5.91 Å². The number of hydrogen-bond acceptors (Lipinski definition) is 3. The fourth-order valence-electron chi connectivity index (χ4n) is 3.39. The van der Waals surface area contributed by atoms with Crippen molar-refractivity contribution in [1.29, 1.82) is 0 Å². The van der Waals surface area contributed by atoms with Crippen molar-refractivity contribution in [3.8, 4) is 0 Å². The highest BCUT2D eigenvalue weighted by Gasteiger charge is 2.22. The lowest BCUT2D eigenvalue weighted by Gasteiger charge is -2.31. The number of nitrogens with zero attached hydrogens (tertiary/aromatic N) is 1. The van der Waals surface area contributed by atoms with Crippen molar-refractivity contribution in [2.75, 3.05) is 19.6 Å². The zero-order valence-corrected chi connectivity index (χ0v) is 16.1. The molecule has 28 heavy (non-hydrogen) atoms. The summed E-state index contributed by atoms with van der Waals surface area (Å²) in [6.07, 6.45) is 1.61. The molecule has 2 amide bonds. The van der Waals surface area contributed by atoms with Crippen LogP contribution in [-0.2, 0) is 11.3 Å². The molecule has 1 heterocycles. The zero-order chi connectivity index (χ0) is 19.9. The molecular weight excluding hydrogens is 357 g/mol. The van der Waals surface area contributed by atoms with Crippen molar-refractivity contribution in [1.82, 2.24) is 15.5 Å². The molecule has 148 valence electrons. The van der Waals surface area contributed by atoms with E-state index in [2.05, 4.69) is 15.5 Å². The second-order valence-corrected chi connectivity index (χ2v) is 7.26. The Labute approximate surface area is 164 Å². The maximum atomic E-state index is 13.6. The molecule has 1 aliphatic rings.